The molecule has 2 aromatic rings. The first-order valence-corrected chi connectivity index (χ1v) is 10.1. The van der Waals surface area contributed by atoms with E-state index in [4.69, 9.17) is 0 Å². The van der Waals surface area contributed by atoms with Gasteiger partial charge in [-0.2, -0.15) is 0 Å². The van der Waals surface area contributed by atoms with Crippen molar-refractivity contribution in [2.75, 3.05) is 31.1 Å². The Morgan fingerprint density at radius 2 is 1.67 bits per heavy atom. The van der Waals surface area contributed by atoms with E-state index >= 15 is 0 Å². The van der Waals surface area contributed by atoms with Crippen molar-refractivity contribution in [1.29, 1.82) is 0 Å². The normalized spacial score (nSPS) is 19.1. The fourth-order valence-corrected chi connectivity index (χ4v) is 4.17. The summed E-state index contributed by atoms with van der Waals surface area (Å²) in [4.78, 5) is 30.3. The standard InChI is InChI=1S/C20H28N6O/c1-16-21-8-13-26(16)19-14-18(22-15-23-19)24-11-6-17(7-12-24)20(27)25-9-4-2-3-5-10-25/h8,13-15,17H,2-7,9-12H2,1H3. The van der Waals surface area contributed by atoms with Gasteiger partial charge in [0, 0.05) is 50.6 Å². The minimum atomic E-state index is 0.163. The van der Waals surface area contributed by atoms with Gasteiger partial charge in [0.2, 0.25) is 5.91 Å². The molecule has 2 aromatic heterocycles. The minimum Gasteiger partial charge on any atom is -0.356 e. The van der Waals surface area contributed by atoms with E-state index in [0.717, 1.165) is 69.3 Å². The summed E-state index contributed by atoms with van der Waals surface area (Å²) in [6.07, 6.45) is 11.9. The van der Waals surface area contributed by atoms with Gasteiger partial charge in [0.05, 0.1) is 0 Å². The average molecular weight is 368 g/mol. The summed E-state index contributed by atoms with van der Waals surface area (Å²) in [5.41, 5.74) is 0. The Morgan fingerprint density at radius 1 is 0.963 bits per heavy atom. The van der Waals surface area contributed by atoms with Gasteiger partial charge in [0.25, 0.3) is 0 Å². The number of aromatic nitrogens is 4. The Hall–Kier alpha value is -2.44. The van der Waals surface area contributed by atoms with Crippen molar-refractivity contribution in [3.63, 3.8) is 0 Å². The average Bonchev–Trinajstić information content (AvgIpc) is 2.97. The van der Waals surface area contributed by atoms with Crippen molar-refractivity contribution >= 4 is 11.7 Å². The van der Waals surface area contributed by atoms with Gasteiger partial charge >= 0.3 is 0 Å². The molecule has 0 unspecified atom stereocenters. The largest absolute Gasteiger partial charge is 0.356 e. The Bertz CT molecular complexity index is 772. The highest BCUT2D eigenvalue weighted by atomic mass is 16.2. The van der Waals surface area contributed by atoms with Crippen molar-refractivity contribution in [3.05, 3.63) is 30.6 Å². The number of aryl methyl sites for hydroxylation is 1. The van der Waals surface area contributed by atoms with Crippen LogP contribution in [0.5, 0.6) is 0 Å². The first kappa shape index (κ1) is 17.9. The highest BCUT2D eigenvalue weighted by Crippen LogP contribution is 2.25. The Kier molecular flexibility index (Phi) is 5.36. The lowest BCUT2D eigenvalue weighted by Crippen LogP contribution is -2.43. The summed E-state index contributed by atoms with van der Waals surface area (Å²) >= 11 is 0. The number of hydrogen-bond donors (Lipinski definition) is 0. The van der Waals surface area contributed by atoms with E-state index in [-0.39, 0.29) is 5.92 Å². The third kappa shape index (κ3) is 3.96. The SMILES string of the molecule is Cc1nccn1-c1cc(N2CCC(C(=O)N3CCCCCC3)CC2)ncn1. The second-order valence-corrected chi connectivity index (χ2v) is 7.58. The summed E-state index contributed by atoms with van der Waals surface area (Å²) < 4.78 is 1.96. The quantitative estimate of drug-likeness (QED) is 0.833. The van der Waals surface area contributed by atoms with Crippen LogP contribution in [0.3, 0.4) is 0 Å². The zero-order chi connectivity index (χ0) is 18.6. The minimum absolute atomic E-state index is 0.163. The lowest BCUT2D eigenvalue weighted by atomic mass is 9.95. The molecule has 2 aliphatic heterocycles. The molecule has 4 rings (SSSR count). The van der Waals surface area contributed by atoms with Crippen LogP contribution in [0.1, 0.15) is 44.3 Å². The molecule has 0 N–H and O–H groups in total. The topological polar surface area (TPSA) is 67.2 Å². The molecule has 27 heavy (non-hydrogen) atoms. The maximum atomic E-state index is 12.9. The number of amides is 1. The Balaban J connectivity index is 1.39. The second kappa shape index (κ2) is 8.06. The van der Waals surface area contributed by atoms with Crippen LogP contribution in [0.2, 0.25) is 0 Å². The van der Waals surface area contributed by atoms with Crippen molar-refractivity contribution in [3.8, 4) is 5.82 Å². The van der Waals surface area contributed by atoms with Crippen LogP contribution >= 0.6 is 0 Å². The van der Waals surface area contributed by atoms with Crippen molar-refractivity contribution < 1.29 is 4.79 Å². The zero-order valence-electron chi connectivity index (χ0n) is 16.0. The number of carbonyl (C=O) groups is 1. The number of rotatable bonds is 3. The van der Waals surface area contributed by atoms with Crippen LogP contribution in [0, 0.1) is 12.8 Å². The lowest BCUT2D eigenvalue weighted by Gasteiger charge is -2.34. The predicted octanol–water partition coefficient (Wildman–Crippen LogP) is 2.59. The fraction of sp³-hybridized carbons (Fsp3) is 0.600. The number of hydrogen-bond acceptors (Lipinski definition) is 5. The zero-order valence-corrected chi connectivity index (χ0v) is 16.0. The number of imidazole rings is 1. The van der Waals surface area contributed by atoms with Gasteiger partial charge in [0.1, 0.15) is 23.8 Å². The van der Waals surface area contributed by atoms with Gasteiger partial charge in [-0.1, -0.05) is 12.8 Å². The molecule has 0 bridgehead atoms. The molecule has 0 aromatic carbocycles. The van der Waals surface area contributed by atoms with E-state index in [2.05, 4.69) is 24.8 Å². The van der Waals surface area contributed by atoms with Crippen LogP contribution in [0.25, 0.3) is 5.82 Å². The third-order valence-corrected chi connectivity index (χ3v) is 5.80. The van der Waals surface area contributed by atoms with Crippen molar-refractivity contribution in [1.82, 2.24) is 24.4 Å². The number of carbonyl (C=O) groups excluding carboxylic acids is 1. The molecule has 0 atom stereocenters. The monoisotopic (exact) mass is 368 g/mol. The molecule has 7 nitrogen and oxygen atoms in total. The molecule has 0 aliphatic carbocycles. The number of nitrogens with zero attached hydrogens (tertiary/aromatic N) is 6. The molecular formula is C20H28N6O. The smallest absolute Gasteiger partial charge is 0.225 e. The molecule has 7 heteroatoms. The van der Waals surface area contributed by atoms with E-state index in [0.29, 0.717) is 5.91 Å². The summed E-state index contributed by atoms with van der Waals surface area (Å²) in [6.45, 7) is 5.58. The molecule has 2 saturated heterocycles. The van der Waals surface area contributed by atoms with Crippen LogP contribution in [0.4, 0.5) is 5.82 Å². The molecule has 0 spiro atoms. The van der Waals surface area contributed by atoms with Crippen LogP contribution in [-0.4, -0.2) is 56.5 Å². The number of piperidine rings is 1. The summed E-state index contributed by atoms with van der Waals surface area (Å²) in [5.74, 6) is 3.19. The van der Waals surface area contributed by atoms with E-state index in [1.54, 1.807) is 12.5 Å². The Labute approximate surface area is 160 Å². The van der Waals surface area contributed by atoms with E-state index in [1.807, 2.05) is 23.8 Å². The molecular weight excluding hydrogens is 340 g/mol. The summed E-state index contributed by atoms with van der Waals surface area (Å²) in [7, 11) is 0. The fourth-order valence-electron chi connectivity index (χ4n) is 4.17. The maximum absolute atomic E-state index is 12.9. The van der Waals surface area contributed by atoms with E-state index in [1.165, 1.54) is 12.8 Å². The second-order valence-electron chi connectivity index (χ2n) is 7.58. The Morgan fingerprint density at radius 3 is 2.33 bits per heavy atom. The van der Waals surface area contributed by atoms with Crippen LogP contribution in [-0.2, 0) is 4.79 Å². The maximum Gasteiger partial charge on any atom is 0.225 e. The van der Waals surface area contributed by atoms with Crippen LogP contribution in [0.15, 0.2) is 24.8 Å². The number of anilines is 1. The van der Waals surface area contributed by atoms with E-state index in [9.17, 15) is 4.79 Å². The molecule has 144 valence electrons. The first-order chi connectivity index (χ1) is 13.2. The van der Waals surface area contributed by atoms with Gasteiger partial charge in [-0.25, -0.2) is 15.0 Å². The predicted molar refractivity (Wildman–Crippen MR) is 104 cm³/mol. The molecule has 2 aliphatic rings. The third-order valence-electron chi connectivity index (χ3n) is 5.80. The highest BCUT2D eigenvalue weighted by molar-refractivity contribution is 5.79. The van der Waals surface area contributed by atoms with Crippen molar-refractivity contribution in [2.45, 2.75) is 45.4 Å². The van der Waals surface area contributed by atoms with Gasteiger partial charge in [-0.3, -0.25) is 9.36 Å². The van der Waals surface area contributed by atoms with Crippen LogP contribution < -0.4 is 4.90 Å². The van der Waals surface area contributed by atoms with Crippen molar-refractivity contribution in [2.24, 2.45) is 5.92 Å². The van der Waals surface area contributed by atoms with E-state index < -0.39 is 0 Å². The molecule has 0 saturated carbocycles. The summed E-state index contributed by atoms with van der Waals surface area (Å²) in [5, 5.41) is 0. The van der Waals surface area contributed by atoms with Gasteiger partial charge in [-0.05, 0) is 32.6 Å². The molecule has 1 amide bonds. The first-order valence-electron chi connectivity index (χ1n) is 10.1. The van der Waals surface area contributed by atoms with Gasteiger partial charge in [0.15, 0.2) is 0 Å². The summed E-state index contributed by atoms with van der Waals surface area (Å²) in [6, 6.07) is 2.01. The lowest BCUT2D eigenvalue weighted by molar-refractivity contribution is -0.136. The highest BCUT2D eigenvalue weighted by Gasteiger charge is 2.29. The van der Waals surface area contributed by atoms with Gasteiger partial charge in [-0.15, -0.1) is 0 Å². The number of likely N-dealkylation sites (tertiary alicyclic amines) is 1. The molecule has 2 fully saturated rings. The van der Waals surface area contributed by atoms with Gasteiger partial charge < -0.3 is 9.80 Å². The molecule has 0 radical (unpaired) electrons. The molecule has 4 heterocycles.